The maximum Gasteiger partial charge on any atom is 0.257 e. The zero-order valence-corrected chi connectivity index (χ0v) is 22.3. The third kappa shape index (κ3) is 5.62. The lowest BCUT2D eigenvalue weighted by Gasteiger charge is -2.28. The smallest absolute Gasteiger partial charge is 0.257 e. The van der Waals surface area contributed by atoms with Gasteiger partial charge in [0.1, 0.15) is 29.0 Å². The Kier molecular flexibility index (Phi) is 8.28. The molecule has 10 heteroatoms. The summed E-state index contributed by atoms with van der Waals surface area (Å²) in [7, 11) is 0. The van der Waals surface area contributed by atoms with Crippen LogP contribution in [0.3, 0.4) is 0 Å². The number of nitrogens with zero attached hydrogens (tertiary/aromatic N) is 5. The Balaban J connectivity index is 1.64. The summed E-state index contributed by atoms with van der Waals surface area (Å²) < 4.78 is 0. The molecule has 1 unspecified atom stereocenters. The number of nitrogen functional groups attached to an aromatic ring is 1. The second-order valence-electron chi connectivity index (χ2n) is 9.26. The topological polar surface area (TPSA) is 144 Å². The molecule has 3 amide bonds. The fourth-order valence-electron chi connectivity index (χ4n) is 4.58. The summed E-state index contributed by atoms with van der Waals surface area (Å²) in [6.45, 7) is 3.82. The number of carbonyl (C=O) groups excluding carboxylic acids is 3. The lowest BCUT2D eigenvalue weighted by molar-refractivity contribution is -0.136. The van der Waals surface area contributed by atoms with Gasteiger partial charge in [-0.25, -0.2) is 9.88 Å². The van der Waals surface area contributed by atoms with Gasteiger partial charge in [-0.05, 0) is 29.2 Å². The third-order valence-electron chi connectivity index (χ3n) is 6.39. The SMILES string of the molecule is CC(C)c1c(C#N)c(N)nc(SCC(=O)N(Cc2ccccc2)C2CC(=O)N(c3ccccc3)C2=O)c1C#N. The third-order valence-corrected chi connectivity index (χ3v) is 7.35. The largest absolute Gasteiger partial charge is 0.383 e. The Morgan fingerprint density at radius 3 is 2.28 bits per heavy atom. The van der Waals surface area contributed by atoms with Gasteiger partial charge in [-0.15, -0.1) is 0 Å². The second-order valence-corrected chi connectivity index (χ2v) is 10.2. The molecule has 4 rings (SSSR count). The molecule has 196 valence electrons. The number of para-hydroxylation sites is 1. The van der Waals surface area contributed by atoms with Crippen molar-refractivity contribution in [2.24, 2.45) is 0 Å². The van der Waals surface area contributed by atoms with Crippen molar-refractivity contribution in [1.82, 2.24) is 9.88 Å². The summed E-state index contributed by atoms with van der Waals surface area (Å²) in [5, 5.41) is 19.7. The number of amides is 3. The molecular formula is C29H26N6O3S. The highest BCUT2D eigenvalue weighted by Crippen LogP contribution is 2.34. The minimum atomic E-state index is -0.980. The molecule has 0 aliphatic carbocycles. The van der Waals surface area contributed by atoms with Gasteiger partial charge >= 0.3 is 0 Å². The molecule has 1 aromatic heterocycles. The Bertz CT molecular complexity index is 1500. The van der Waals surface area contributed by atoms with Crippen molar-refractivity contribution in [2.45, 2.75) is 43.8 Å². The van der Waals surface area contributed by atoms with Crippen LogP contribution in [0, 0.1) is 22.7 Å². The molecule has 1 saturated heterocycles. The number of thioether (sulfide) groups is 1. The van der Waals surface area contributed by atoms with E-state index >= 15 is 0 Å². The average Bonchev–Trinajstić information content (AvgIpc) is 3.23. The zero-order chi connectivity index (χ0) is 28.1. The number of imide groups is 1. The Morgan fingerprint density at radius 1 is 1.08 bits per heavy atom. The van der Waals surface area contributed by atoms with Gasteiger partial charge in [0.15, 0.2) is 0 Å². The fourth-order valence-corrected chi connectivity index (χ4v) is 5.47. The van der Waals surface area contributed by atoms with Crippen molar-refractivity contribution in [2.75, 3.05) is 16.4 Å². The first-order chi connectivity index (χ1) is 18.8. The molecule has 39 heavy (non-hydrogen) atoms. The number of nitriles is 2. The molecular weight excluding hydrogens is 512 g/mol. The van der Waals surface area contributed by atoms with Crippen LogP contribution in [0.1, 0.15) is 48.4 Å². The highest BCUT2D eigenvalue weighted by atomic mass is 32.2. The van der Waals surface area contributed by atoms with Crippen molar-refractivity contribution < 1.29 is 14.4 Å². The Hall–Kier alpha value is -4.67. The molecule has 0 bridgehead atoms. The minimum absolute atomic E-state index is 0.00800. The predicted molar refractivity (Wildman–Crippen MR) is 147 cm³/mol. The van der Waals surface area contributed by atoms with Gasteiger partial charge in [-0.1, -0.05) is 74.1 Å². The zero-order valence-electron chi connectivity index (χ0n) is 21.5. The number of hydrogen-bond donors (Lipinski definition) is 1. The van der Waals surface area contributed by atoms with Crippen LogP contribution in [-0.2, 0) is 20.9 Å². The van der Waals surface area contributed by atoms with Crippen LogP contribution in [0.15, 0.2) is 65.7 Å². The average molecular weight is 539 g/mol. The predicted octanol–water partition coefficient (Wildman–Crippen LogP) is 3.98. The van der Waals surface area contributed by atoms with Crippen molar-refractivity contribution in [1.29, 1.82) is 10.5 Å². The molecule has 2 heterocycles. The van der Waals surface area contributed by atoms with Crippen LogP contribution in [0.25, 0.3) is 0 Å². The molecule has 0 spiro atoms. The lowest BCUT2D eigenvalue weighted by Crippen LogP contribution is -2.45. The Labute approximate surface area is 230 Å². The Morgan fingerprint density at radius 2 is 1.69 bits per heavy atom. The summed E-state index contributed by atoms with van der Waals surface area (Å²) in [5.74, 6) is -1.59. The summed E-state index contributed by atoms with van der Waals surface area (Å²) in [6.07, 6.45) is -0.139. The standard InChI is InChI=1S/C29H26N6O3S/c1-18(2)26-21(14-30)27(32)33-28(22(26)15-31)39-17-25(37)34(16-19-9-5-3-6-10-19)23-13-24(36)35(29(23)38)20-11-7-4-8-12-20/h3-12,18,23H,13,16-17H2,1-2H3,(H2,32,33). The molecule has 1 fully saturated rings. The number of carbonyl (C=O) groups is 3. The van der Waals surface area contributed by atoms with Gasteiger partial charge in [0.25, 0.3) is 5.91 Å². The molecule has 2 N–H and O–H groups in total. The van der Waals surface area contributed by atoms with Gasteiger partial charge < -0.3 is 10.6 Å². The molecule has 9 nitrogen and oxygen atoms in total. The molecule has 1 aliphatic rings. The second kappa shape index (κ2) is 11.8. The van der Waals surface area contributed by atoms with E-state index in [0.717, 1.165) is 22.2 Å². The van der Waals surface area contributed by atoms with Crippen LogP contribution >= 0.6 is 11.8 Å². The van der Waals surface area contributed by atoms with E-state index in [4.69, 9.17) is 5.73 Å². The number of rotatable bonds is 8. The van der Waals surface area contributed by atoms with E-state index in [-0.39, 0.29) is 52.5 Å². The number of pyridine rings is 1. The number of nitrogens with two attached hydrogens (primary N) is 1. The van der Waals surface area contributed by atoms with E-state index in [1.54, 1.807) is 30.3 Å². The number of hydrogen-bond acceptors (Lipinski definition) is 8. The molecule has 1 aliphatic heterocycles. The van der Waals surface area contributed by atoms with Crippen LogP contribution in [0.4, 0.5) is 11.5 Å². The minimum Gasteiger partial charge on any atom is -0.383 e. The molecule has 3 aromatic rings. The monoisotopic (exact) mass is 538 g/mol. The summed E-state index contributed by atoms with van der Waals surface area (Å²) >= 11 is 1.02. The maximum atomic E-state index is 13.7. The summed E-state index contributed by atoms with van der Waals surface area (Å²) in [6, 6.07) is 21.0. The van der Waals surface area contributed by atoms with E-state index in [1.165, 1.54) is 4.90 Å². The van der Waals surface area contributed by atoms with Gasteiger partial charge in [0.05, 0.1) is 29.0 Å². The van der Waals surface area contributed by atoms with Gasteiger partial charge in [0.2, 0.25) is 11.8 Å². The van der Waals surface area contributed by atoms with E-state index in [9.17, 15) is 24.9 Å². The number of aromatic nitrogens is 1. The molecule has 0 saturated carbocycles. The molecule has 2 aromatic carbocycles. The highest BCUT2D eigenvalue weighted by molar-refractivity contribution is 8.00. The quantitative estimate of drug-likeness (QED) is 0.335. The fraction of sp³-hybridized carbons (Fsp3) is 0.241. The molecule has 1 atom stereocenters. The van der Waals surface area contributed by atoms with E-state index in [1.807, 2.05) is 50.2 Å². The van der Waals surface area contributed by atoms with E-state index in [0.29, 0.717) is 11.3 Å². The summed E-state index contributed by atoms with van der Waals surface area (Å²) in [4.78, 5) is 46.8. The first-order valence-corrected chi connectivity index (χ1v) is 13.3. The van der Waals surface area contributed by atoms with Crippen molar-refractivity contribution in [3.63, 3.8) is 0 Å². The first-order valence-electron chi connectivity index (χ1n) is 12.3. The highest BCUT2D eigenvalue weighted by Gasteiger charge is 2.44. The maximum absolute atomic E-state index is 13.7. The van der Waals surface area contributed by atoms with Crippen molar-refractivity contribution >= 4 is 41.0 Å². The van der Waals surface area contributed by atoms with E-state index < -0.39 is 17.9 Å². The number of anilines is 2. The van der Waals surface area contributed by atoms with E-state index in [2.05, 4.69) is 11.1 Å². The lowest BCUT2D eigenvalue weighted by atomic mass is 9.94. The van der Waals surface area contributed by atoms with Crippen LogP contribution < -0.4 is 10.6 Å². The van der Waals surface area contributed by atoms with Gasteiger partial charge in [0, 0.05) is 6.54 Å². The van der Waals surface area contributed by atoms with Gasteiger partial charge in [-0.2, -0.15) is 10.5 Å². The van der Waals surface area contributed by atoms with Crippen molar-refractivity contribution in [3.05, 3.63) is 82.9 Å². The van der Waals surface area contributed by atoms with Crippen LogP contribution in [-0.4, -0.2) is 39.4 Å². The van der Waals surface area contributed by atoms with Crippen LogP contribution in [0.2, 0.25) is 0 Å². The number of benzene rings is 2. The molecule has 0 radical (unpaired) electrons. The first kappa shape index (κ1) is 27.4. The van der Waals surface area contributed by atoms with Crippen LogP contribution in [0.5, 0.6) is 0 Å². The van der Waals surface area contributed by atoms with Crippen molar-refractivity contribution in [3.8, 4) is 12.1 Å². The normalized spacial score (nSPS) is 14.8. The van der Waals surface area contributed by atoms with Gasteiger partial charge in [-0.3, -0.25) is 14.4 Å². The summed E-state index contributed by atoms with van der Waals surface area (Å²) in [5.41, 5.74) is 8.12.